The van der Waals surface area contributed by atoms with Crippen molar-refractivity contribution in [2.75, 3.05) is 5.73 Å². The summed E-state index contributed by atoms with van der Waals surface area (Å²) in [5.74, 6) is 2.90. The van der Waals surface area contributed by atoms with Gasteiger partial charge in [-0.25, -0.2) is 14.8 Å². The van der Waals surface area contributed by atoms with Gasteiger partial charge in [0.2, 0.25) is 0 Å². The number of ether oxygens (including phenoxy) is 1. The van der Waals surface area contributed by atoms with E-state index < -0.39 is 6.09 Å². The third kappa shape index (κ3) is 7.22. The van der Waals surface area contributed by atoms with Crippen LogP contribution in [0.5, 0.6) is 5.75 Å². The molecule has 8 heteroatoms. The van der Waals surface area contributed by atoms with Crippen LogP contribution in [-0.4, -0.2) is 25.6 Å². The van der Waals surface area contributed by atoms with Gasteiger partial charge in [-0.3, -0.25) is 4.40 Å². The number of aromatic nitrogens is 3. The maximum atomic E-state index is 10.1. The molecule has 210 valence electrons. The molecule has 4 N–H and O–H groups in total. The first-order valence-electron chi connectivity index (χ1n) is 14.0. The molecule has 0 radical (unpaired) electrons. The van der Waals surface area contributed by atoms with E-state index >= 15 is 0 Å². The van der Waals surface area contributed by atoms with Crippen LogP contribution in [0.15, 0.2) is 97.3 Å². The maximum absolute atomic E-state index is 10.1. The Labute approximate surface area is 239 Å². The molecule has 0 spiro atoms. The molecule has 2 aromatic heterocycles. The van der Waals surface area contributed by atoms with Crippen molar-refractivity contribution in [3.05, 3.63) is 114 Å². The van der Waals surface area contributed by atoms with Crippen LogP contribution in [0.4, 0.5) is 10.6 Å². The minimum absolute atomic E-state index is 0.371. The van der Waals surface area contributed by atoms with Gasteiger partial charge in [-0.05, 0) is 36.1 Å². The number of nitrogens with two attached hydrogens (primary N) is 1. The minimum atomic E-state index is -0.992. The molecule has 2 heterocycles. The molecule has 0 bridgehead atoms. The van der Waals surface area contributed by atoms with Gasteiger partial charge in [-0.15, -0.1) is 0 Å². The Morgan fingerprint density at radius 3 is 2.37 bits per heavy atom. The van der Waals surface area contributed by atoms with E-state index in [2.05, 4.69) is 32.9 Å². The second-order valence-corrected chi connectivity index (χ2v) is 10.1. The van der Waals surface area contributed by atoms with E-state index in [1.807, 2.05) is 72.9 Å². The summed E-state index contributed by atoms with van der Waals surface area (Å²) in [6.45, 7) is 0.904. The van der Waals surface area contributed by atoms with Gasteiger partial charge in [0.05, 0.1) is 0 Å². The zero-order valence-corrected chi connectivity index (χ0v) is 22.9. The van der Waals surface area contributed by atoms with E-state index in [1.54, 1.807) is 6.20 Å². The first kappa shape index (κ1) is 27.7. The zero-order chi connectivity index (χ0) is 28.4. The van der Waals surface area contributed by atoms with Crippen LogP contribution in [0.3, 0.4) is 0 Å². The number of fused-ring (bicyclic) bond motifs is 1. The molecule has 0 atom stereocenters. The molecular formula is C33H35N5O3. The Balaban J connectivity index is 0.000000259. The Morgan fingerprint density at radius 2 is 1.66 bits per heavy atom. The molecule has 0 aliphatic heterocycles. The molecular weight excluding hydrogens is 514 g/mol. The molecule has 6 rings (SSSR count). The topological polar surface area (TPSA) is 115 Å². The lowest BCUT2D eigenvalue weighted by atomic mass is 9.89. The van der Waals surface area contributed by atoms with Crippen LogP contribution in [0.1, 0.15) is 55.0 Å². The van der Waals surface area contributed by atoms with E-state index in [4.69, 9.17) is 20.6 Å². The number of nitrogens with one attached hydrogen (secondary N) is 1. The number of carboxylic acid groups (broad SMARTS) is 1. The quantitative estimate of drug-likeness (QED) is 0.200. The van der Waals surface area contributed by atoms with E-state index in [0.717, 1.165) is 39.5 Å². The fourth-order valence-corrected chi connectivity index (χ4v) is 5.18. The van der Waals surface area contributed by atoms with E-state index in [9.17, 15) is 4.79 Å². The van der Waals surface area contributed by atoms with Crippen molar-refractivity contribution in [3.8, 4) is 17.0 Å². The standard InChI is InChI=1S/C25H26N4O.C8H9NO2/c26-24-23-22(28-25(29(23)15-14-27-24)19-10-5-2-6-11-19)20-12-7-13-21(16-20)30-17-18-8-3-1-4-9-18;10-8(11)9-6-7-4-2-1-3-5-7/h1,3-4,7-9,12-16,19H,2,5-6,10-11,17H2,(H2,26,27);1-5,9H,6H2,(H,10,11). The summed E-state index contributed by atoms with van der Waals surface area (Å²) in [5.41, 5.74) is 11.2. The van der Waals surface area contributed by atoms with Gasteiger partial charge in [-0.2, -0.15) is 0 Å². The molecule has 1 aliphatic rings. The Bertz CT molecular complexity index is 1560. The SMILES string of the molecule is Nc1nccn2c(C3CCCCC3)nc(-c3cccc(OCc4ccccc4)c3)c12.O=C(O)NCc1ccccc1. The van der Waals surface area contributed by atoms with E-state index in [1.165, 1.54) is 32.1 Å². The maximum Gasteiger partial charge on any atom is 0.404 e. The fourth-order valence-electron chi connectivity index (χ4n) is 5.18. The largest absolute Gasteiger partial charge is 0.489 e. The summed E-state index contributed by atoms with van der Waals surface area (Å²) in [6.07, 6.45) is 8.96. The summed E-state index contributed by atoms with van der Waals surface area (Å²) in [4.78, 5) is 19.5. The summed E-state index contributed by atoms with van der Waals surface area (Å²) >= 11 is 0. The summed E-state index contributed by atoms with van der Waals surface area (Å²) in [7, 11) is 0. The fraction of sp³-hybridized carbons (Fsp3) is 0.242. The third-order valence-electron chi connectivity index (χ3n) is 7.22. The predicted molar refractivity (Wildman–Crippen MR) is 161 cm³/mol. The van der Waals surface area contributed by atoms with Crippen LogP contribution >= 0.6 is 0 Å². The van der Waals surface area contributed by atoms with Gasteiger partial charge >= 0.3 is 6.09 Å². The van der Waals surface area contributed by atoms with Gasteiger partial charge in [0.15, 0.2) is 0 Å². The number of benzene rings is 3. The second kappa shape index (κ2) is 13.5. The zero-order valence-electron chi connectivity index (χ0n) is 22.9. The molecule has 3 aromatic carbocycles. The van der Waals surface area contributed by atoms with E-state index in [0.29, 0.717) is 24.9 Å². The number of rotatable bonds is 7. The van der Waals surface area contributed by atoms with Crippen molar-refractivity contribution < 1.29 is 14.6 Å². The number of hydrogen-bond donors (Lipinski definition) is 3. The van der Waals surface area contributed by atoms with Crippen LogP contribution in [0, 0.1) is 0 Å². The third-order valence-corrected chi connectivity index (χ3v) is 7.22. The average Bonchev–Trinajstić information content (AvgIpc) is 3.42. The number of imidazole rings is 1. The number of anilines is 1. The number of nitrogen functional groups attached to an aromatic ring is 1. The Kier molecular flexibility index (Phi) is 9.11. The summed E-state index contributed by atoms with van der Waals surface area (Å²) in [5, 5.41) is 10.5. The number of nitrogens with zero attached hydrogens (tertiary/aromatic N) is 3. The molecule has 1 amide bonds. The summed E-state index contributed by atoms with van der Waals surface area (Å²) in [6, 6.07) is 27.7. The molecule has 8 nitrogen and oxygen atoms in total. The van der Waals surface area contributed by atoms with Crippen molar-refractivity contribution >= 4 is 17.4 Å². The normalized spacial score (nSPS) is 13.3. The lowest BCUT2D eigenvalue weighted by molar-refractivity contribution is 0.194. The smallest absolute Gasteiger partial charge is 0.404 e. The highest BCUT2D eigenvalue weighted by Crippen LogP contribution is 2.37. The monoisotopic (exact) mass is 549 g/mol. The van der Waals surface area contributed by atoms with Crippen LogP contribution < -0.4 is 15.8 Å². The Morgan fingerprint density at radius 1 is 0.951 bits per heavy atom. The highest BCUT2D eigenvalue weighted by molar-refractivity contribution is 5.85. The average molecular weight is 550 g/mol. The highest BCUT2D eigenvalue weighted by atomic mass is 16.5. The van der Waals surface area contributed by atoms with Crippen molar-refractivity contribution in [2.45, 2.75) is 51.2 Å². The molecule has 41 heavy (non-hydrogen) atoms. The highest BCUT2D eigenvalue weighted by Gasteiger charge is 2.24. The van der Waals surface area contributed by atoms with Gasteiger partial charge in [-0.1, -0.05) is 92.1 Å². The van der Waals surface area contributed by atoms with Crippen molar-refractivity contribution in [2.24, 2.45) is 0 Å². The molecule has 1 aliphatic carbocycles. The van der Waals surface area contributed by atoms with Crippen molar-refractivity contribution in [1.82, 2.24) is 19.7 Å². The first-order chi connectivity index (χ1) is 20.1. The lowest BCUT2D eigenvalue weighted by Crippen LogP contribution is -2.19. The molecule has 1 saturated carbocycles. The van der Waals surface area contributed by atoms with Crippen LogP contribution in [0.2, 0.25) is 0 Å². The molecule has 0 unspecified atom stereocenters. The van der Waals surface area contributed by atoms with Crippen LogP contribution in [-0.2, 0) is 13.2 Å². The van der Waals surface area contributed by atoms with Crippen molar-refractivity contribution in [1.29, 1.82) is 0 Å². The van der Waals surface area contributed by atoms with Gasteiger partial charge in [0, 0.05) is 30.4 Å². The van der Waals surface area contributed by atoms with Gasteiger partial charge in [0.25, 0.3) is 0 Å². The van der Waals surface area contributed by atoms with E-state index in [-0.39, 0.29) is 0 Å². The predicted octanol–water partition coefficient (Wildman–Crippen LogP) is 7.06. The molecule has 0 saturated heterocycles. The number of amides is 1. The molecule has 5 aromatic rings. The lowest BCUT2D eigenvalue weighted by Gasteiger charge is -2.20. The Hall–Kier alpha value is -4.85. The number of hydrogen-bond acceptors (Lipinski definition) is 5. The van der Waals surface area contributed by atoms with Crippen LogP contribution in [0.25, 0.3) is 16.8 Å². The van der Waals surface area contributed by atoms with Gasteiger partial charge < -0.3 is 20.9 Å². The summed E-state index contributed by atoms with van der Waals surface area (Å²) < 4.78 is 8.18. The molecule has 1 fully saturated rings. The first-order valence-corrected chi connectivity index (χ1v) is 14.0. The van der Waals surface area contributed by atoms with Gasteiger partial charge in [0.1, 0.15) is 35.2 Å². The van der Waals surface area contributed by atoms with Crippen molar-refractivity contribution in [3.63, 3.8) is 0 Å². The minimum Gasteiger partial charge on any atom is -0.489 e. The second-order valence-electron chi connectivity index (χ2n) is 10.1. The number of carbonyl (C=O) groups is 1.